The third-order valence-electron chi connectivity index (χ3n) is 3.34. The van der Waals surface area contributed by atoms with Gasteiger partial charge in [-0.15, -0.1) is 0 Å². The maximum absolute atomic E-state index is 12.8. The predicted molar refractivity (Wildman–Crippen MR) is 65.7 cm³/mol. The van der Waals surface area contributed by atoms with Gasteiger partial charge in [0.2, 0.25) is 0 Å². The predicted octanol–water partition coefficient (Wildman–Crippen LogP) is 1.39. The number of phenols is 1. The van der Waals surface area contributed by atoms with Gasteiger partial charge in [0, 0.05) is 18.7 Å². The number of nitrogens with one attached hydrogen (secondary N) is 1. The molecular weight excluding hydrogens is 235 g/mol. The van der Waals surface area contributed by atoms with E-state index >= 15 is 0 Å². The van der Waals surface area contributed by atoms with Crippen molar-refractivity contribution >= 4 is 5.91 Å². The van der Waals surface area contributed by atoms with Crippen LogP contribution in [-0.2, 0) is 0 Å². The quantitative estimate of drug-likeness (QED) is 0.761. The summed E-state index contributed by atoms with van der Waals surface area (Å²) in [6, 6.07) is 3.59. The van der Waals surface area contributed by atoms with Gasteiger partial charge in [0.15, 0.2) is 0 Å². The lowest BCUT2D eigenvalue weighted by atomic mass is 10.1. The molecule has 1 saturated carbocycles. The second-order valence-corrected chi connectivity index (χ2v) is 4.81. The molecule has 1 amide bonds. The third-order valence-corrected chi connectivity index (χ3v) is 3.34. The van der Waals surface area contributed by atoms with Crippen LogP contribution in [0, 0.1) is 11.7 Å². The van der Waals surface area contributed by atoms with Crippen LogP contribution in [0.2, 0.25) is 0 Å². The van der Waals surface area contributed by atoms with Crippen molar-refractivity contribution < 1.29 is 14.3 Å². The van der Waals surface area contributed by atoms with E-state index in [9.17, 15) is 14.3 Å². The van der Waals surface area contributed by atoms with Crippen molar-refractivity contribution in [2.45, 2.75) is 25.3 Å². The Morgan fingerprint density at radius 1 is 1.50 bits per heavy atom. The molecular formula is C13H17FN2O2. The van der Waals surface area contributed by atoms with Gasteiger partial charge in [0.25, 0.3) is 5.91 Å². The first kappa shape index (κ1) is 12.8. The molecule has 4 nitrogen and oxygen atoms in total. The molecule has 1 aromatic rings. The molecule has 1 aliphatic carbocycles. The molecule has 0 radical (unpaired) electrons. The van der Waals surface area contributed by atoms with Crippen molar-refractivity contribution in [2.24, 2.45) is 11.7 Å². The maximum atomic E-state index is 12.8. The summed E-state index contributed by atoms with van der Waals surface area (Å²) in [5.41, 5.74) is 5.89. The van der Waals surface area contributed by atoms with E-state index in [-0.39, 0.29) is 23.3 Å². The Morgan fingerprint density at radius 3 is 2.89 bits per heavy atom. The smallest absolute Gasteiger partial charge is 0.255 e. The second-order valence-electron chi connectivity index (χ2n) is 4.81. The summed E-state index contributed by atoms with van der Waals surface area (Å²) in [5.74, 6) is -0.888. The zero-order chi connectivity index (χ0) is 13.1. The van der Waals surface area contributed by atoms with Crippen LogP contribution in [0.4, 0.5) is 4.39 Å². The van der Waals surface area contributed by atoms with Gasteiger partial charge in [-0.05, 0) is 37.3 Å². The molecule has 2 atom stereocenters. The molecule has 4 N–H and O–H groups in total. The maximum Gasteiger partial charge on any atom is 0.255 e. The Kier molecular flexibility index (Phi) is 3.81. The normalized spacial score (nSPS) is 23.0. The van der Waals surface area contributed by atoms with Gasteiger partial charge in [-0.2, -0.15) is 0 Å². The lowest BCUT2D eigenvalue weighted by Gasteiger charge is -2.11. The first-order valence-electron chi connectivity index (χ1n) is 6.08. The molecule has 0 spiro atoms. The number of carbonyl (C=O) groups excluding carboxylic acids is 1. The average molecular weight is 252 g/mol. The summed E-state index contributed by atoms with van der Waals surface area (Å²) in [4.78, 5) is 11.8. The molecule has 0 aliphatic heterocycles. The summed E-state index contributed by atoms with van der Waals surface area (Å²) < 4.78 is 12.8. The van der Waals surface area contributed by atoms with Crippen LogP contribution in [0.1, 0.15) is 29.6 Å². The van der Waals surface area contributed by atoms with Gasteiger partial charge in [0.05, 0.1) is 5.56 Å². The Morgan fingerprint density at radius 2 is 2.28 bits per heavy atom. The Bertz CT molecular complexity index is 451. The molecule has 0 heterocycles. The van der Waals surface area contributed by atoms with Crippen LogP contribution in [0.15, 0.2) is 18.2 Å². The molecule has 0 saturated heterocycles. The molecule has 0 aromatic heterocycles. The highest BCUT2D eigenvalue weighted by Gasteiger charge is 2.22. The number of hydrogen-bond donors (Lipinski definition) is 3. The Labute approximate surface area is 105 Å². The summed E-state index contributed by atoms with van der Waals surface area (Å²) in [7, 11) is 0. The molecule has 98 valence electrons. The van der Waals surface area contributed by atoms with Crippen molar-refractivity contribution in [3.05, 3.63) is 29.6 Å². The monoisotopic (exact) mass is 252 g/mol. The highest BCUT2D eigenvalue weighted by Crippen LogP contribution is 2.23. The first-order valence-corrected chi connectivity index (χ1v) is 6.08. The van der Waals surface area contributed by atoms with Crippen LogP contribution in [-0.4, -0.2) is 23.6 Å². The molecule has 5 heteroatoms. The lowest BCUT2D eigenvalue weighted by Crippen LogP contribution is -2.29. The fourth-order valence-corrected chi connectivity index (χ4v) is 2.33. The molecule has 1 aromatic carbocycles. The average Bonchev–Trinajstić information content (AvgIpc) is 2.72. The Hall–Kier alpha value is -1.62. The van der Waals surface area contributed by atoms with E-state index in [4.69, 9.17) is 5.73 Å². The minimum Gasteiger partial charge on any atom is -0.507 e. The van der Waals surface area contributed by atoms with Gasteiger partial charge in [-0.1, -0.05) is 0 Å². The standard InChI is InChI=1S/C13H17FN2O2/c14-9-2-4-11(12(17)6-9)13(18)16-7-8-1-3-10(15)5-8/h2,4,6,8,10,17H,1,3,5,7,15H2,(H,16,18). The van der Waals surface area contributed by atoms with Crippen LogP contribution in [0.25, 0.3) is 0 Å². The van der Waals surface area contributed by atoms with E-state index in [2.05, 4.69) is 5.32 Å². The lowest BCUT2D eigenvalue weighted by molar-refractivity contribution is 0.0944. The highest BCUT2D eigenvalue weighted by atomic mass is 19.1. The fourth-order valence-electron chi connectivity index (χ4n) is 2.33. The van der Waals surface area contributed by atoms with E-state index in [0.29, 0.717) is 12.5 Å². The van der Waals surface area contributed by atoms with E-state index in [1.54, 1.807) is 0 Å². The van der Waals surface area contributed by atoms with Crippen molar-refractivity contribution in [1.29, 1.82) is 0 Å². The van der Waals surface area contributed by atoms with Gasteiger partial charge in [-0.25, -0.2) is 4.39 Å². The number of benzene rings is 1. The second kappa shape index (κ2) is 5.35. The van der Waals surface area contributed by atoms with E-state index in [1.807, 2.05) is 0 Å². The first-order chi connectivity index (χ1) is 8.56. The molecule has 1 aliphatic rings. The van der Waals surface area contributed by atoms with Crippen molar-refractivity contribution in [3.8, 4) is 5.75 Å². The minimum absolute atomic E-state index is 0.0960. The number of aromatic hydroxyl groups is 1. The van der Waals surface area contributed by atoms with Crippen LogP contribution >= 0.6 is 0 Å². The van der Waals surface area contributed by atoms with Crippen molar-refractivity contribution in [1.82, 2.24) is 5.32 Å². The number of nitrogens with two attached hydrogens (primary N) is 1. The number of phenolic OH excluding ortho intramolecular Hbond substituents is 1. The van der Waals surface area contributed by atoms with E-state index in [0.717, 1.165) is 31.4 Å². The van der Waals surface area contributed by atoms with Crippen LogP contribution in [0.3, 0.4) is 0 Å². The number of halogens is 1. The molecule has 0 bridgehead atoms. The van der Waals surface area contributed by atoms with Gasteiger partial charge < -0.3 is 16.2 Å². The summed E-state index contributed by atoms with van der Waals surface area (Å²) in [6.07, 6.45) is 2.91. The number of rotatable bonds is 3. The van der Waals surface area contributed by atoms with Gasteiger partial charge in [-0.3, -0.25) is 4.79 Å². The minimum atomic E-state index is -0.564. The number of amides is 1. The van der Waals surface area contributed by atoms with E-state index in [1.165, 1.54) is 6.07 Å². The molecule has 2 unspecified atom stereocenters. The topological polar surface area (TPSA) is 75.3 Å². The van der Waals surface area contributed by atoms with Crippen molar-refractivity contribution in [2.75, 3.05) is 6.54 Å². The van der Waals surface area contributed by atoms with E-state index < -0.39 is 5.82 Å². The summed E-state index contributed by atoms with van der Waals surface area (Å²) in [6.45, 7) is 0.545. The Balaban J connectivity index is 1.91. The summed E-state index contributed by atoms with van der Waals surface area (Å²) >= 11 is 0. The molecule has 1 fully saturated rings. The zero-order valence-electron chi connectivity index (χ0n) is 10.0. The number of carbonyl (C=O) groups is 1. The molecule has 18 heavy (non-hydrogen) atoms. The third kappa shape index (κ3) is 2.98. The summed E-state index contributed by atoms with van der Waals surface area (Å²) in [5, 5.41) is 12.2. The fraction of sp³-hybridized carbons (Fsp3) is 0.462. The van der Waals surface area contributed by atoms with Gasteiger partial charge in [0.1, 0.15) is 11.6 Å². The SMILES string of the molecule is NC1CCC(CNC(=O)c2ccc(F)cc2O)C1. The van der Waals surface area contributed by atoms with Gasteiger partial charge >= 0.3 is 0 Å². The van der Waals surface area contributed by atoms with Crippen LogP contribution in [0.5, 0.6) is 5.75 Å². The molecule has 2 rings (SSSR count). The highest BCUT2D eigenvalue weighted by molar-refractivity contribution is 5.96. The van der Waals surface area contributed by atoms with Crippen LogP contribution < -0.4 is 11.1 Å². The number of hydrogen-bond acceptors (Lipinski definition) is 3. The van der Waals surface area contributed by atoms with Crippen molar-refractivity contribution in [3.63, 3.8) is 0 Å². The zero-order valence-corrected chi connectivity index (χ0v) is 10.0. The largest absolute Gasteiger partial charge is 0.507 e.